The Morgan fingerprint density at radius 1 is 1.20 bits per heavy atom. The van der Waals surface area contributed by atoms with Crippen LogP contribution >= 0.6 is 0 Å². The Kier molecular flexibility index (Phi) is 5.41. The van der Waals surface area contributed by atoms with Gasteiger partial charge in [0, 0.05) is 43.5 Å². The van der Waals surface area contributed by atoms with E-state index < -0.39 is 0 Å². The lowest BCUT2D eigenvalue weighted by molar-refractivity contribution is -0.116. The monoisotopic (exact) mass is 275 g/mol. The molecule has 1 fully saturated rings. The molecule has 0 saturated heterocycles. The smallest absolute Gasteiger partial charge is 0.225 e. The topological polar surface area (TPSA) is 44.4 Å². The third kappa shape index (κ3) is 4.53. The largest absolute Gasteiger partial charge is 0.372 e. The maximum absolute atomic E-state index is 11.8. The molecule has 1 aliphatic carbocycles. The first kappa shape index (κ1) is 14.9. The molecule has 1 aromatic rings. The van der Waals surface area contributed by atoms with Gasteiger partial charge in [-0.1, -0.05) is 0 Å². The minimum absolute atomic E-state index is 0.0775. The number of anilines is 2. The van der Waals surface area contributed by atoms with Gasteiger partial charge in [0.2, 0.25) is 5.91 Å². The Balaban J connectivity index is 1.78. The van der Waals surface area contributed by atoms with Crippen LogP contribution in [0.3, 0.4) is 0 Å². The molecule has 0 heterocycles. The Hall–Kier alpha value is -1.55. The van der Waals surface area contributed by atoms with Gasteiger partial charge in [-0.25, -0.2) is 0 Å². The molecule has 0 aliphatic heterocycles. The van der Waals surface area contributed by atoms with Crippen molar-refractivity contribution >= 4 is 17.3 Å². The molecule has 0 bridgehead atoms. The molecule has 2 rings (SSSR count). The van der Waals surface area contributed by atoms with Crippen LogP contribution in [0.4, 0.5) is 11.4 Å². The summed E-state index contributed by atoms with van der Waals surface area (Å²) < 4.78 is 0. The second-order valence-electron chi connectivity index (χ2n) is 5.25. The van der Waals surface area contributed by atoms with E-state index in [-0.39, 0.29) is 5.91 Å². The highest BCUT2D eigenvalue weighted by Crippen LogP contribution is 2.19. The Bertz CT molecular complexity index is 422. The van der Waals surface area contributed by atoms with Crippen molar-refractivity contribution in [3.05, 3.63) is 24.3 Å². The van der Waals surface area contributed by atoms with E-state index in [1.807, 2.05) is 12.1 Å². The van der Waals surface area contributed by atoms with Crippen LogP contribution in [-0.4, -0.2) is 31.6 Å². The molecule has 0 atom stereocenters. The number of amides is 1. The lowest BCUT2D eigenvalue weighted by Crippen LogP contribution is -2.23. The highest BCUT2D eigenvalue weighted by molar-refractivity contribution is 5.91. The SMILES string of the molecule is CCN(CC)c1ccc(NC(=O)CCNC2CC2)cc1. The molecule has 1 saturated carbocycles. The van der Waals surface area contributed by atoms with Gasteiger partial charge >= 0.3 is 0 Å². The third-order valence-corrected chi connectivity index (χ3v) is 3.64. The van der Waals surface area contributed by atoms with Crippen LogP contribution < -0.4 is 15.5 Å². The van der Waals surface area contributed by atoms with Gasteiger partial charge in [0.05, 0.1) is 0 Å². The van der Waals surface area contributed by atoms with E-state index >= 15 is 0 Å². The number of benzene rings is 1. The van der Waals surface area contributed by atoms with Crippen molar-refractivity contribution in [3.63, 3.8) is 0 Å². The minimum atomic E-state index is 0.0775. The van der Waals surface area contributed by atoms with Crippen LogP contribution in [0.1, 0.15) is 33.1 Å². The molecule has 1 amide bonds. The Morgan fingerprint density at radius 3 is 2.40 bits per heavy atom. The van der Waals surface area contributed by atoms with Crippen molar-refractivity contribution < 1.29 is 4.79 Å². The van der Waals surface area contributed by atoms with Crippen LogP contribution in [0.15, 0.2) is 24.3 Å². The van der Waals surface area contributed by atoms with Crippen molar-refractivity contribution in [3.8, 4) is 0 Å². The van der Waals surface area contributed by atoms with Crippen molar-refractivity contribution in [1.29, 1.82) is 0 Å². The fraction of sp³-hybridized carbons (Fsp3) is 0.562. The normalized spacial score (nSPS) is 14.1. The first-order valence-corrected chi connectivity index (χ1v) is 7.61. The number of carbonyl (C=O) groups is 1. The molecule has 4 heteroatoms. The van der Waals surface area contributed by atoms with Gasteiger partial charge in [-0.2, -0.15) is 0 Å². The summed E-state index contributed by atoms with van der Waals surface area (Å²) in [4.78, 5) is 14.1. The second kappa shape index (κ2) is 7.29. The van der Waals surface area contributed by atoms with E-state index in [9.17, 15) is 4.79 Å². The molecule has 110 valence electrons. The van der Waals surface area contributed by atoms with Gasteiger partial charge in [-0.05, 0) is 51.0 Å². The van der Waals surface area contributed by atoms with Gasteiger partial charge < -0.3 is 15.5 Å². The van der Waals surface area contributed by atoms with Crippen LogP contribution in [0.25, 0.3) is 0 Å². The average molecular weight is 275 g/mol. The molecule has 1 aliphatic rings. The molecule has 0 spiro atoms. The van der Waals surface area contributed by atoms with Crippen LogP contribution in [0, 0.1) is 0 Å². The molecular weight excluding hydrogens is 250 g/mol. The molecule has 2 N–H and O–H groups in total. The summed E-state index contributed by atoms with van der Waals surface area (Å²) in [6.07, 6.45) is 3.05. The first-order valence-electron chi connectivity index (χ1n) is 7.61. The number of hydrogen-bond donors (Lipinski definition) is 2. The number of nitrogens with one attached hydrogen (secondary N) is 2. The van der Waals surface area contributed by atoms with Crippen molar-refractivity contribution in [2.45, 2.75) is 39.2 Å². The molecule has 0 radical (unpaired) electrons. The summed E-state index contributed by atoms with van der Waals surface area (Å²) in [5.74, 6) is 0.0775. The van der Waals surface area contributed by atoms with Gasteiger partial charge in [-0.3, -0.25) is 4.79 Å². The molecule has 0 aromatic heterocycles. The van der Waals surface area contributed by atoms with Gasteiger partial charge in [0.25, 0.3) is 0 Å². The van der Waals surface area contributed by atoms with E-state index in [4.69, 9.17) is 0 Å². The zero-order chi connectivity index (χ0) is 14.4. The van der Waals surface area contributed by atoms with Crippen LogP contribution in [0.2, 0.25) is 0 Å². The summed E-state index contributed by atoms with van der Waals surface area (Å²) >= 11 is 0. The van der Waals surface area contributed by atoms with E-state index in [1.54, 1.807) is 0 Å². The fourth-order valence-corrected chi connectivity index (χ4v) is 2.25. The van der Waals surface area contributed by atoms with Crippen molar-refractivity contribution in [2.24, 2.45) is 0 Å². The van der Waals surface area contributed by atoms with E-state index in [1.165, 1.54) is 18.5 Å². The lowest BCUT2D eigenvalue weighted by Gasteiger charge is -2.21. The molecule has 1 aromatic carbocycles. The van der Waals surface area contributed by atoms with E-state index in [0.29, 0.717) is 12.5 Å². The zero-order valence-electron chi connectivity index (χ0n) is 12.5. The Morgan fingerprint density at radius 2 is 1.85 bits per heavy atom. The highest BCUT2D eigenvalue weighted by atomic mass is 16.1. The zero-order valence-corrected chi connectivity index (χ0v) is 12.5. The lowest BCUT2D eigenvalue weighted by atomic mass is 10.2. The summed E-state index contributed by atoms with van der Waals surface area (Å²) in [5, 5.41) is 6.29. The Labute approximate surface area is 121 Å². The van der Waals surface area contributed by atoms with Crippen molar-refractivity contribution in [1.82, 2.24) is 5.32 Å². The molecule has 4 nitrogen and oxygen atoms in total. The number of rotatable bonds is 8. The predicted molar refractivity (Wildman–Crippen MR) is 84.3 cm³/mol. The standard InChI is InChI=1S/C16H25N3O/c1-3-19(4-2)15-9-7-14(8-10-15)18-16(20)11-12-17-13-5-6-13/h7-10,13,17H,3-6,11-12H2,1-2H3,(H,18,20). The number of nitrogens with zero attached hydrogens (tertiary/aromatic N) is 1. The van der Waals surface area contributed by atoms with E-state index in [0.717, 1.165) is 25.3 Å². The molecular formula is C16H25N3O. The number of carbonyl (C=O) groups excluding carboxylic acids is 1. The maximum Gasteiger partial charge on any atom is 0.225 e. The first-order chi connectivity index (χ1) is 9.72. The summed E-state index contributed by atoms with van der Waals surface area (Å²) in [7, 11) is 0. The van der Waals surface area contributed by atoms with Crippen molar-refractivity contribution in [2.75, 3.05) is 29.9 Å². The molecule has 20 heavy (non-hydrogen) atoms. The van der Waals surface area contributed by atoms with Gasteiger partial charge in [0.15, 0.2) is 0 Å². The second-order valence-corrected chi connectivity index (χ2v) is 5.25. The minimum Gasteiger partial charge on any atom is -0.372 e. The summed E-state index contributed by atoms with van der Waals surface area (Å²) in [6, 6.07) is 8.73. The maximum atomic E-state index is 11.8. The predicted octanol–water partition coefficient (Wildman–Crippen LogP) is 2.61. The number of hydrogen-bond acceptors (Lipinski definition) is 3. The summed E-state index contributed by atoms with van der Waals surface area (Å²) in [6.45, 7) is 7.05. The molecule has 0 unspecified atom stereocenters. The highest BCUT2D eigenvalue weighted by Gasteiger charge is 2.20. The van der Waals surface area contributed by atoms with E-state index in [2.05, 4.69) is 41.5 Å². The quantitative estimate of drug-likeness (QED) is 0.766. The van der Waals surface area contributed by atoms with Gasteiger partial charge in [-0.15, -0.1) is 0 Å². The van der Waals surface area contributed by atoms with Crippen LogP contribution in [-0.2, 0) is 4.79 Å². The average Bonchev–Trinajstić information content (AvgIpc) is 3.26. The summed E-state index contributed by atoms with van der Waals surface area (Å²) in [5.41, 5.74) is 2.07. The van der Waals surface area contributed by atoms with Crippen LogP contribution in [0.5, 0.6) is 0 Å². The fourth-order valence-electron chi connectivity index (χ4n) is 2.25. The third-order valence-electron chi connectivity index (χ3n) is 3.64. The van der Waals surface area contributed by atoms with Gasteiger partial charge in [0.1, 0.15) is 0 Å².